The third-order valence-electron chi connectivity index (χ3n) is 6.41. The van der Waals surface area contributed by atoms with Gasteiger partial charge in [0.1, 0.15) is 0 Å². The number of hydrogen-bond acceptors (Lipinski definition) is 4. The Bertz CT molecular complexity index is 710. The average molecular weight is 370 g/mol. The fraction of sp³-hybridized carbons (Fsp3) is 0.714. The molecule has 1 aromatic rings. The molecule has 4 rings (SSSR count). The van der Waals surface area contributed by atoms with E-state index in [0.29, 0.717) is 11.4 Å². The standard InChI is InChI=1S/C21H30N4O2/c1-15-17(21(27)24-11-4-2-5-12-24)14-22-19(23-15)18-10-3-6-13-25(18)20(26)16-8-7-9-16/h14,16,18H,2-13H2,1H3. The van der Waals surface area contributed by atoms with Gasteiger partial charge in [-0.3, -0.25) is 9.59 Å². The third kappa shape index (κ3) is 3.71. The molecule has 0 radical (unpaired) electrons. The Morgan fingerprint density at radius 2 is 1.70 bits per heavy atom. The van der Waals surface area contributed by atoms with Crippen molar-refractivity contribution in [3.8, 4) is 0 Å². The van der Waals surface area contributed by atoms with Crippen molar-refractivity contribution in [1.82, 2.24) is 19.8 Å². The van der Waals surface area contributed by atoms with Gasteiger partial charge in [-0.2, -0.15) is 0 Å². The Morgan fingerprint density at radius 3 is 2.37 bits per heavy atom. The van der Waals surface area contributed by atoms with Crippen molar-refractivity contribution in [1.29, 1.82) is 0 Å². The largest absolute Gasteiger partial charge is 0.339 e. The Balaban J connectivity index is 1.53. The van der Waals surface area contributed by atoms with E-state index in [1.54, 1.807) is 6.20 Å². The SMILES string of the molecule is Cc1nc(C2CCCCN2C(=O)C2CCC2)ncc1C(=O)N1CCCCC1. The molecule has 6 nitrogen and oxygen atoms in total. The summed E-state index contributed by atoms with van der Waals surface area (Å²) in [4.78, 5) is 38.8. The van der Waals surface area contributed by atoms with Gasteiger partial charge >= 0.3 is 0 Å². The van der Waals surface area contributed by atoms with Crippen LogP contribution in [0.1, 0.15) is 85.7 Å². The van der Waals surface area contributed by atoms with E-state index in [1.807, 2.05) is 16.7 Å². The predicted octanol–water partition coefficient (Wildman–Crippen LogP) is 3.26. The van der Waals surface area contributed by atoms with E-state index in [0.717, 1.165) is 76.7 Å². The van der Waals surface area contributed by atoms with Gasteiger partial charge in [-0.15, -0.1) is 0 Å². The summed E-state index contributed by atoms with van der Waals surface area (Å²) in [6.07, 6.45) is 11.3. The van der Waals surface area contributed by atoms with Crippen molar-refractivity contribution < 1.29 is 9.59 Å². The van der Waals surface area contributed by atoms with Crippen LogP contribution in [0.5, 0.6) is 0 Å². The molecule has 1 atom stereocenters. The molecule has 0 bridgehead atoms. The van der Waals surface area contributed by atoms with Crippen LogP contribution in [0.25, 0.3) is 0 Å². The van der Waals surface area contributed by atoms with Crippen LogP contribution < -0.4 is 0 Å². The number of rotatable bonds is 3. The lowest BCUT2D eigenvalue weighted by Crippen LogP contribution is -2.44. The summed E-state index contributed by atoms with van der Waals surface area (Å²) in [5.41, 5.74) is 1.34. The molecule has 1 saturated carbocycles. The van der Waals surface area contributed by atoms with Gasteiger partial charge in [0.25, 0.3) is 5.91 Å². The fourth-order valence-electron chi connectivity index (χ4n) is 4.48. The zero-order valence-corrected chi connectivity index (χ0v) is 16.3. The molecule has 146 valence electrons. The van der Waals surface area contributed by atoms with E-state index in [4.69, 9.17) is 4.98 Å². The van der Waals surface area contributed by atoms with Crippen molar-refractivity contribution in [2.75, 3.05) is 19.6 Å². The van der Waals surface area contributed by atoms with E-state index in [2.05, 4.69) is 4.98 Å². The molecule has 2 amide bonds. The molecule has 1 aliphatic carbocycles. The monoisotopic (exact) mass is 370 g/mol. The lowest BCUT2D eigenvalue weighted by atomic mass is 9.83. The van der Waals surface area contributed by atoms with Crippen LogP contribution in [0.3, 0.4) is 0 Å². The van der Waals surface area contributed by atoms with Crippen molar-refractivity contribution >= 4 is 11.8 Å². The van der Waals surface area contributed by atoms with Crippen molar-refractivity contribution in [2.24, 2.45) is 5.92 Å². The molecular weight excluding hydrogens is 340 g/mol. The van der Waals surface area contributed by atoms with Gasteiger partial charge in [0.15, 0.2) is 5.82 Å². The Hall–Kier alpha value is -1.98. The number of amides is 2. The van der Waals surface area contributed by atoms with Gasteiger partial charge in [0.05, 0.1) is 17.3 Å². The number of piperidine rings is 2. The van der Waals surface area contributed by atoms with Crippen LogP contribution in [0, 0.1) is 12.8 Å². The number of carbonyl (C=O) groups is 2. The van der Waals surface area contributed by atoms with Gasteiger partial charge < -0.3 is 9.80 Å². The maximum atomic E-state index is 12.8. The molecule has 6 heteroatoms. The number of aryl methyl sites for hydroxylation is 1. The van der Waals surface area contributed by atoms with E-state index < -0.39 is 0 Å². The van der Waals surface area contributed by atoms with E-state index in [-0.39, 0.29) is 23.8 Å². The first-order valence-electron chi connectivity index (χ1n) is 10.6. The summed E-state index contributed by atoms with van der Waals surface area (Å²) in [6.45, 7) is 4.35. The number of likely N-dealkylation sites (tertiary alicyclic amines) is 2. The summed E-state index contributed by atoms with van der Waals surface area (Å²) in [5, 5.41) is 0. The van der Waals surface area contributed by atoms with Crippen molar-refractivity contribution in [2.45, 2.75) is 70.8 Å². The van der Waals surface area contributed by atoms with E-state index in [1.165, 1.54) is 6.42 Å². The van der Waals surface area contributed by atoms with Gasteiger partial charge in [-0.05, 0) is 58.3 Å². The highest BCUT2D eigenvalue weighted by Crippen LogP contribution is 2.35. The quantitative estimate of drug-likeness (QED) is 0.819. The summed E-state index contributed by atoms with van der Waals surface area (Å²) in [5.74, 6) is 1.23. The summed E-state index contributed by atoms with van der Waals surface area (Å²) in [6, 6.07) is -0.0373. The highest BCUT2D eigenvalue weighted by Gasteiger charge is 2.36. The second kappa shape index (κ2) is 7.95. The zero-order valence-electron chi connectivity index (χ0n) is 16.3. The normalized spacial score (nSPS) is 23.8. The van der Waals surface area contributed by atoms with Gasteiger partial charge in [0, 0.05) is 31.7 Å². The number of aromatic nitrogens is 2. The molecule has 3 heterocycles. The molecule has 0 N–H and O–H groups in total. The average Bonchev–Trinajstić information content (AvgIpc) is 2.66. The topological polar surface area (TPSA) is 66.4 Å². The first-order chi connectivity index (χ1) is 13.1. The third-order valence-corrected chi connectivity index (χ3v) is 6.41. The molecule has 2 saturated heterocycles. The molecule has 0 spiro atoms. The summed E-state index contributed by atoms with van der Waals surface area (Å²) < 4.78 is 0. The number of hydrogen-bond donors (Lipinski definition) is 0. The maximum Gasteiger partial charge on any atom is 0.257 e. The van der Waals surface area contributed by atoms with Crippen LogP contribution >= 0.6 is 0 Å². The molecular formula is C21H30N4O2. The van der Waals surface area contributed by atoms with Gasteiger partial charge in [-0.25, -0.2) is 9.97 Å². The van der Waals surface area contributed by atoms with Crippen LogP contribution in [0.2, 0.25) is 0 Å². The van der Waals surface area contributed by atoms with Crippen LogP contribution in [0.4, 0.5) is 0 Å². The van der Waals surface area contributed by atoms with E-state index in [9.17, 15) is 9.59 Å². The highest BCUT2D eigenvalue weighted by molar-refractivity contribution is 5.95. The molecule has 1 unspecified atom stereocenters. The van der Waals surface area contributed by atoms with E-state index >= 15 is 0 Å². The van der Waals surface area contributed by atoms with Crippen LogP contribution in [-0.2, 0) is 4.79 Å². The van der Waals surface area contributed by atoms with Crippen LogP contribution in [-0.4, -0.2) is 51.2 Å². The molecule has 3 fully saturated rings. The predicted molar refractivity (Wildman–Crippen MR) is 102 cm³/mol. The maximum absolute atomic E-state index is 12.8. The highest BCUT2D eigenvalue weighted by atomic mass is 16.2. The molecule has 3 aliphatic rings. The minimum atomic E-state index is -0.0373. The van der Waals surface area contributed by atoms with Gasteiger partial charge in [-0.1, -0.05) is 6.42 Å². The number of nitrogens with zero attached hydrogens (tertiary/aromatic N) is 4. The zero-order chi connectivity index (χ0) is 18.8. The molecule has 2 aliphatic heterocycles. The Kier molecular flexibility index (Phi) is 5.41. The number of carbonyl (C=O) groups excluding carboxylic acids is 2. The Morgan fingerprint density at radius 1 is 0.963 bits per heavy atom. The molecule has 0 aromatic carbocycles. The minimum Gasteiger partial charge on any atom is -0.339 e. The second-order valence-corrected chi connectivity index (χ2v) is 8.25. The van der Waals surface area contributed by atoms with Crippen molar-refractivity contribution in [3.63, 3.8) is 0 Å². The summed E-state index contributed by atoms with van der Waals surface area (Å²) >= 11 is 0. The Labute approximate surface area is 161 Å². The fourth-order valence-corrected chi connectivity index (χ4v) is 4.48. The smallest absolute Gasteiger partial charge is 0.257 e. The summed E-state index contributed by atoms with van der Waals surface area (Å²) in [7, 11) is 0. The minimum absolute atomic E-state index is 0.0373. The molecule has 27 heavy (non-hydrogen) atoms. The van der Waals surface area contributed by atoms with Crippen LogP contribution in [0.15, 0.2) is 6.20 Å². The lowest BCUT2D eigenvalue weighted by molar-refractivity contribution is -0.142. The first kappa shape index (κ1) is 18.4. The molecule has 1 aromatic heterocycles. The van der Waals surface area contributed by atoms with Gasteiger partial charge in [0.2, 0.25) is 5.91 Å². The first-order valence-corrected chi connectivity index (χ1v) is 10.6. The lowest BCUT2D eigenvalue weighted by Gasteiger charge is -2.39. The van der Waals surface area contributed by atoms with Crippen molar-refractivity contribution in [3.05, 3.63) is 23.3 Å². The second-order valence-electron chi connectivity index (χ2n) is 8.25.